The largest absolute Gasteiger partial charge is 1.00 e. The molecule has 2 aromatic heterocycles. The molecule has 4 rings (SSSR count). The first-order valence-corrected chi connectivity index (χ1v) is 9.50. The quantitative estimate of drug-likeness (QED) is 0.337. The number of amides is 1. The number of fused-ring (bicyclic) bond motifs is 1. The molecule has 1 fully saturated rings. The lowest BCUT2D eigenvalue weighted by Crippen LogP contribution is -3.00. The van der Waals surface area contributed by atoms with Crippen molar-refractivity contribution in [2.75, 3.05) is 32.8 Å². The zero-order chi connectivity index (χ0) is 19.5. The van der Waals surface area contributed by atoms with Crippen molar-refractivity contribution in [3.63, 3.8) is 0 Å². The number of piperazine rings is 1. The van der Waals surface area contributed by atoms with Crippen LogP contribution in [-0.4, -0.2) is 68.7 Å². The maximum atomic E-state index is 13.3. The molecule has 0 radical (unpaired) electrons. The molecule has 5 N–H and O–H groups in total. The number of nitrogens with zero attached hydrogens (tertiary/aromatic N) is 4. The van der Waals surface area contributed by atoms with E-state index in [9.17, 15) is 9.90 Å². The van der Waals surface area contributed by atoms with Gasteiger partial charge in [0.2, 0.25) is 5.91 Å². The Morgan fingerprint density at radius 1 is 1.28 bits per heavy atom. The smallest absolute Gasteiger partial charge is 0.247 e. The summed E-state index contributed by atoms with van der Waals surface area (Å²) >= 11 is 0. The van der Waals surface area contributed by atoms with Crippen LogP contribution in [0.2, 0.25) is 0 Å². The SMILES string of the molecule is N[C@@H](CO)c1cn([C@@H](Cc2cc3ccccc3[nH]2)C(=O)N2CCNCC2)nn1.[Cl-]. The number of para-hydroxylation sites is 1. The number of hydrogen-bond acceptors (Lipinski definition) is 6. The first-order chi connectivity index (χ1) is 13.7. The minimum absolute atomic E-state index is 0. The van der Waals surface area contributed by atoms with Crippen molar-refractivity contribution in [1.29, 1.82) is 0 Å². The molecule has 2 atom stereocenters. The summed E-state index contributed by atoms with van der Waals surface area (Å²) in [4.78, 5) is 18.5. The van der Waals surface area contributed by atoms with Crippen LogP contribution < -0.4 is 23.5 Å². The van der Waals surface area contributed by atoms with Crippen LogP contribution in [0.25, 0.3) is 10.9 Å². The van der Waals surface area contributed by atoms with E-state index in [2.05, 4.69) is 26.7 Å². The van der Waals surface area contributed by atoms with Gasteiger partial charge in [-0.15, -0.1) is 5.10 Å². The van der Waals surface area contributed by atoms with E-state index in [4.69, 9.17) is 5.73 Å². The van der Waals surface area contributed by atoms with E-state index in [1.807, 2.05) is 29.2 Å². The summed E-state index contributed by atoms with van der Waals surface area (Å²) in [6, 6.07) is 8.94. The molecule has 1 saturated heterocycles. The fraction of sp³-hybridized carbons (Fsp3) is 0.421. The number of benzene rings is 1. The lowest BCUT2D eigenvalue weighted by molar-refractivity contribution is -0.135. The van der Waals surface area contributed by atoms with Gasteiger partial charge in [0.25, 0.3) is 0 Å². The lowest BCUT2D eigenvalue weighted by atomic mass is 10.1. The van der Waals surface area contributed by atoms with Gasteiger partial charge in [0.1, 0.15) is 11.7 Å². The van der Waals surface area contributed by atoms with Crippen molar-refractivity contribution >= 4 is 16.8 Å². The monoisotopic (exact) mass is 418 g/mol. The van der Waals surface area contributed by atoms with Gasteiger partial charge in [-0.05, 0) is 17.5 Å². The molecular weight excluding hydrogens is 394 g/mol. The number of halogens is 1. The highest BCUT2D eigenvalue weighted by molar-refractivity contribution is 5.82. The molecule has 156 valence electrons. The number of carbonyl (C=O) groups is 1. The third-order valence-corrected chi connectivity index (χ3v) is 5.14. The third kappa shape index (κ3) is 4.59. The van der Waals surface area contributed by atoms with Crippen molar-refractivity contribution in [3.05, 3.63) is 47.9 Å². The highest BCUT2D eigenvalue weighted by Gasteiger charge is 2.29. The van der Waals surface area contributed by atoms with Crippen molar-refractivity contribution in [2.24, 2.45) is 5.73 Å². The van der Waals surface area contributed by atoms with E-state index in [-0.39, 0.29) is 24.9 Å². The number of nitrogens with one attached hydrogen (secondary N) is 2. The maximum Gasteiger partial charge on any atom is 0.247 e. The highest BCUT2D eigenvalue weighted by Crippen LogP contribution is 2.22. The topological polar surface area (TPSA) is 125 Å². The molecule has 29 heavy (non-hydrogen) atoms. The molecule has 1 aromatic carbocycles. The van der Waals surface area contributed by atoms with Gasteiger partial charge in [-0.25, -0.2) is 4.68 Å². The van der Waals surface area contributed by atoms with Crippen LogP contribution in [0, 0.1) is 0 Å². The number of aromatic nitrogens is 4. The molecule has 0 aliphatic carbocycles. The number of aromatic amines is 1. The Kier molecular flexibility index (Phi) is 6.86. The van der Waals surface area contributed by atoms with E-state index in [0.717, 1.165) is 29.7 Å². The number of rotatable bonds is 6. The Labute approximate surface area is 174 Å². The molecule has 0 spiro atoms. The summed E-state index contributed by atoms with van der Waals surface area (Å²) in [6.45, 7) is 2.67. The van der Waals surface area contributed by atoms with Crippen LogP contribution in [0.3, 0.4) is 0 Å². The third-order valence-electron chi connectivity index (χ3n) is 5.14. The van der Waals surface area contributed by atoms with E-state index < -0.39 is 12.1 Å². The van der Waals surface area contributed by atoms with E-state index in [1.165, 1.54) is 0 Å². The molecule has 9 nitrogen and oxygen atoms in total. The minimum atomic E-state index is -0.614. The maximum absolute atomic E-state index is 13.3. The molecule has 3 aromatic rings. The summed E-state index contributed by atoms with van der Waals surface area (Å²) in [5.74, 6) is 0.00850. The Hall–Kier alpha value is -2.46. The second kappa shape index (κ2) is 9.36. The summed E-state index contributed by atoms with van der Waals surface area (Å²) in [7, 11) is 0. The highest BCUT2D eigenvalue weighted by atomic mass is 35.5. The summed E-state index contributed by atoms with van der Waals surface area (Å²) in [5.41, 5.74) is 8.32. The second-order valence-corrected chi connectivity index (χ2v) is 7.09. The van der Waals surface area contributed by atoms with Gasteiger partial charge in [-0.1, -0.05) is 23.4 Å². The zero-order valence-electron chi connectivity index (χ0n) is 16.0. The Balaban J connectivity index is 0.00000240. The van der Waals surface area contributed by atoms with Gasteiger partial charge in [0.15, 0.2) is 0 Å². The predicted octanol–water partition coefficient (Wildman–Crippen LogP) is -3.03. The second-order valence-electron chi connectivity index (χ2n) is 7.09. The molecule has 1 aliphatic heterocycles. The molecular formula is C19H25ClN7O2-. The number of aliphatic hydroxyl groups is 1. The predicted molar refractivity (Wildman–Crippen MR) is 105 cm³/mol. The molecule has 3 heterocycles. The van der Waals surface area contributed by atoms with E-state index >= 15 is 0 Å². The number of aliphatic hydroxyl groups excluding tert-OH is 1. The average molecular weight is 419 g/mol. The van der Waals surface area contributed by atoms with Crippen LogP contribution in [0.15, 0.2) is 36.5 Å². The normalized spacial score (nSPS) is 16.4. The van der Waals surface area contributed by atoms with Gasteiger partial charge in [-0.2, -0.15) is 0 Å². The van der Waals surface area contributed by atoms with Gasteiger partial charge in [0.05, 0.1) is 18.8 Å². The van der Waals surface area contributed by atoms with Crippen molar-refractivity contribution < 1.29 is 22.3 Å². The van der Waals surface area contributed by atoms with Crippen LogP contribution in [0.5, 0.6) is 0 Å². The van der Waals surface area contributed by atoms with Gasteiger partial charge in [-0.3, -0.25) is 4.79 Å². The lowest BCUT2D eigenvalue weighted by Gasteiger charge is -2.30. The molecule has 0 unspecified atom stereocenters. The van der Waals surface area contributed by atoms with Gasteiger partial charge < -0.3 is 38.4 Å². The van der Waals surface area contributed by atoms with Gasteiger partial charge >= 0.3 is 0 Å². The molecule has 0 saturated carbocycles. The average Bonchev–Trinajstić information content (AvgIpc) is 3.38. The number of hydrogen-bond donors (Lipinski definition) is 4. The molecule has 10 heteroatoms. The van der Waals surface area contributed by atoms with Crippen molar-refractivity contribution in [2.45, 2.75) is 18.5 Å². The fourth-order valence-electron chi connectivity index (χ4n) is 3.55. The zero-order valence-corrected chi connectivity index (χ0v) is 16.7. The number of carbonyl (C=O) groups excluding carboxylic acids is 1. The van der Waals surface area contributed by atoms with Crippen LogP contribution in [0.1, 0.15) is 23.5 Å². The van der Waals surface area contributed by atoms with E-state index in [1.54, 1.807) is 10.9 Å². The Bertz CT molecular complexity index is 918. The van der Waals surface area contributed by atoms with Crippen LogP contribution in [0.4, 0.5) is 0 Å². The molecule has 1 aliphatic rings. The molecule has 1 amide bonds. The standard InChI is InChI=1S/C19H25N7O2.ClH/c20-15(12-27)17-11-26(24-23-17)18(19(28)25-7-5-21-6-8-25)10-14-9-13-3-1-2-4-16(13)22-14;/h1-4,9,11,15,18,21-22,27H,5-8,10,12,20H2;1H/p-1/t15-,18-;/m0./s1. The first kappa shape index (κ1) is 21.3. The van der Waals surface area contributed by atoms with Crippen LogP contribution >= 0.6 is 0 Å². The number of H-pyrrole nitrogens is 1. The van der Waals surface area contributed by atoms with Crippen LogP contribution in [-0.2, 0) is 11.2 Å². The summed E-state index contributed by atoms with van der Waals surface area (Å²) < 4.78 is 1.57. The van der Waals surface area contributed by atoms with Crippen molar-refractivity contribution in [3.8, 4) is 0 Å². The fourth-order valence-corrected chi connectivity index (χ4v) is 3.55. The summed E-state index contributed by atoms with van der Waals surface area (Å²) in [5, 5.41) is 21.8. The first-order valence-electron chi connectivity index (χ1n) is 9.50. The Morgan fingerprint density at radius 2 is 2.03 bits per heavy atom. The molecule has 0 bridgehead atoms. The van der Waals surface area contributed by atoms with Crippen molar-refractivity contribution in [1.82, 2.24) is 30.2 Å². The number of nitrogens with two attached hydrogens (primary N) is 1. The van der Waals surface area contributed by atoms with Gasteiger partial charge in [0, 0.05) is 43.8 Å². The van der Waals surface area contributed by atoms with E-state index in [0.29, 0.717) is 25.2 Å². The summed E-state index contributed by atoms with van der Waals surface area (Å²) in [6.07, 6.45) is 2.13. The minimum Gasteiger partial charge on any atom is -1.00 e. The Morgan fingerprint density at radius 3 is 2.76 bits per heavy atom.